The van der Waals surface area contributed by atoms with Gasteiger partial charge in [-0.05, 0) is 71.4 Å². The maximum Gasteiger partial charge on any atom is 0.186 e. The molecule has 26 heavy (non-hydrogen) atoms. The fraction of sp³-hybridized carbons (Fsp3) is 0.143. The van der Waals surface area contributed by atoms with Gasteiger partial charge in [0.05, 0.1) is 6.21 Å². The number of hydrogen-bond donors (Lipinski definition) is 2. The van der Waals surface area contributed by atoms with Crippen molar-refractivity contribution in [1.82, 2.24) is 10.7 Å². The lowest BCUT2D eigenvalue weighted by Gasteiger charge is -2.08. The van der Waals surface area contributed by atoms with E-state index in [1.807, 2.05) is 43.3 Å². The summed E-state index contributed by atoms with van der Waals surface area (Å²) in [5, 5.41) is 10.0. The van der Waals surface area contributed by atoms with Gasteiger partial charge < -0.3 is 10.1 Å². The largest absolute Gasteiger partial charge is 0.489 e. The highest BCUT2D eigenvalue weighted by molar-refractivity contribution is 7.80. The van der Waals surface area contributed by atoms with Crippen molar-refractivity contribution in [2.45, 2.75) is 13.5 Å². The second-order valence-corrected chi connectivity index (χ2v) is 6.18. The van der Waals surface area contributed by atoms with Crippen molar-refractivity contribution in [2.75, 3.05) is 6.54 Å². The summed E-state index contributed by atoms with van der Waals surface area (Å²) in [6.07, 6.45) is 1.72. The molecule has 132 valence electrons. The average Bonchev–Trinajstić information content (AvgIpc) is 2.67. The minimum absolute atomic E-state index is 0.513. The Hall–Kier alpha value is -2.92. The number of rotatable bonds is 6. The fourth-order valence-electron chi connectivity index (χ4n) is 2.51. The second-order valence-electron chi connectivity index (χ2n) is 5.77. The van der Waals surface area contributed by atoms with Gasteiger partial charge in [-0.3, -0.25) is 5.43 Å². The summed E-state index contributed by atoms with van der Waals surface area (Å²) in [5.41, 5.74) is 4.88. The van der Waals surface area contributed by atoms with Crippen LogP contribution in [0.5, 0.6) is 5.75 Å². The van der Waals surface area contributed by atoms with Crippen LogP contribution in [0.4, 0.5) is 0 Å². The van der Waals surface area contributed by atoms with Crippen molar-refractivity contribution in [2.24, 2.45) is 5.10 Å². The van der Waals surface area contributed by atoms with E-state index in [1.54, 1.807) is 6.21 Å². The number of fused-ring (bicyclic) bond motifs is 1. The molecular formula is C21H21N3OS. The van der Waals surface area contributed by atoms with Gasteiger partial charge in [-0.15, -0.1) is 0 Å². The number of thiocarbonyl (C=S) groups is 1. The molecule has 0 amide bonds. The van der Waals surface area contributed by atoms with E-state index >= 15 is 0 Å². The highest BCUT2D eigenvalue weighted by Gasteiger charge is 1.99. The maximum atomic E-state index is 5.88. The fourth-order valence-corrected chi connectivity index (χ4v) is 2.71. The minimum atomic E-state index is 0.513. The highest BCUT2D eigenvalue weighted by Crippen LogP contribution is 2.18. The zero-order valence-corrected chi connectivity index (χ0v) is 15.4. The summed E-state index contributed by atoms with van der Waals surface area (Å²) in [6, 6.07) is 22.5. The maximum absolute atomic E-state index is 5.88. The summed E-state index contributed by atoms with van der Waals surface area (Å²) >= 11 is 5.04. The molecule has 0 saturated heterocycles. The predicted molar refractivity (Wildman–Crippen MR) is 112 cm³/mol. The minimum Gasteiger partial charge on any atom is -0.489 e. The summed E-state index contributed by atoms with van der Waals surface area (Å²) < 4.78 is 5.88. The molecule has 3 aromatic rings. The quantitative estimate of drug-likeness (QED) is 0.391. The monoisotopic (exact) mass is 363 g/mol. The van der Waals surface area contributed by atoms with Gasteiger partial charge in [-0.25, -0.2) is 0 Å². The molecular weight excluding hydrogens is 342 g/mol. The van der Waals surface area contributed by atoms with Crippen LogP contribution < -0.4 is 15.5 Å². The number of hydrogen-bond acceptors (Lipinski definition) is 3. The van der Waals surface area contributed by atoms with Crippen molar-refractivity contribution in [1.29, 1.82) is 0 Å². The summed E-state index contributed by atoms with van der Waals surface area (Å²) in [5.74, 6) is 0.825. The van der Waals surface area contributed by atoms with Gasteiger partial charge in [0.25, 0.3) is 0 Å². The molecule has 0 aliphatic carbocycles. The lowest BCUT2D eigenvalue weighted by molar-refractivity contribution is 0.306. The molecule has 0 aromatic heterocycles. The lowest BCUT2D eigenvalue weighted by Crippen LogP contribution is -2.31. The molecule has 4 nitrogen and oxygen atoms in total. The lowest BCUT2D eigenvalue weighted by atomic mass is 10.1. The average molecular weight is 363 g/mol. The smallest absolute Gasteiger partial charge is 0.186 e. The van der Waals surface area contributed by atoms with Gasteiger partial charge in [0, 0.05) is 6.54 Å². The molecule has 0 aliphatic rings. The van der Waals surface area contributed by atoms with E-state index in [-0.39, 0.29) is 0 Å². The van der Waals surface area contributed by atoms with Gasteiger partial charge in [0.15, 0.2) is 5.11 Å². The molecule has 5 heteroatoms. The highest BCUT2D eigenvalue weighted by atomic mass is 32.1. The Balaban J connectivity index is 1.55. The molecule has 0 bridgehead atoms. The van der Waals surface area contributed by atoms with Crippen LogP contribution in [0.3, 0.4) is 0 Å². The Labute approximate surface area is 158 Å². The van der Waals surface area contributed by atoms with Crippen molar-refractivity contribution >= 4 is 34.3 Å². The van der Waals surface area contributed by atoms with Crippen molar-refractivity contribution in [3.05, 3.63) is 77.9 Å². The first-order valence-electron chi connectivity index (χ1n) is 8.52. The first-order valence-corrected chi connectivity index (χ1v) is 8.93. The Kier molecular flexibility index (Phi) is 6.17. The third-order valence-electron chi connectivity index (χ3n) is 3.82. The van der Waals surface area contributed by atoms with E-state index in [0.717, 1.165) is 23.4 Å². The molecule has 3 aromatic carbocycles. The number of benzene rings is 3. The molecule has 0 unspecified atom stereocenters. The van der Waals surface area contributed by atoms with Gasteiger partial charge in [0.1, 0.15) is 12.4 Å². The molecule has 0 spiro atoms. The molecule has 0 fully saturated rings. The SMILES string of the molecule is CCNC(=S)NN=Cc1ccc(OCc2ccc3ccccc3c2)cc1. The zero-order chi connectivity index (χ0) is 18.2. The summed E-state index contributed by atoms with van der Waals surface area (Å²) in [4.78, 5) is 0. The van der Waals surface area contributed by atoms with Gasteiger partial charge in [0.2, 0.25) is 0 Å². The van der Waals surface area contributed by atoms with Crippen LogP contribution in [0, 0.1) is 0 Å². The van der Waals surface area contributed by atoms with E-state index in [9.17, 15) is 0 Å². The first-order chi connectivity index (χ1) is 12.7. The second kappa shape index (κ2) is 8.97. The van der Waals surface area contributed by atoms with E-state index < -0.39 is 0 Å². The number of nitrogens with zero attached hydrogens (tertiary/aromatic N) is 1. The van der Waals surface area contributed by atoms with Gasteiger partial charge in [-0.2, -0.15) is 5.10 Å². The van der Waals surface area contributed by atoms with Gasteiger partial charge in [-0.1, -0.05) is 36.4 Å². The topological polar surface area (TPSA) is 45.7 Å². The van der Waals surface area contributed by atoms with Crippen molar-refractivity contribution in [3.8, 4) is 5.75 Å². The molecule has 0 atom stereocenters. The molecule has 0 saturated carbocycles. The zero-order valence-electron chi connectivity index (χ0n) is 14.6. The number of ether oxygens (including phenoxy) is 1. The Morgan fingerprint density at radius 2 is 1.81 bits per heavy atom. The first kappa shape index (κ1) is 17.9. The van der Waals surface area contributed by atoms with E-state index in [1.165, 1.54) is 10.8 Å². The Bertz CT molecular complexity index is 907. The molecule has 0 aliphatic heterocycles. The Morgan fingerprint density at radius 1 is 1.04 bits per heavy atom. The summed E-state index contributed by atoms with van der Waals surface area (Å²) in [7, 11) is 0. The van der Waals surface area contributed by atoms with Crippen LogP contribution >= 0.6 is 12.2 Å². The molecule has 0 heterocycles. The summed E-state index contributed by atoms with van der Waals surface area (Å²) in [6.45, 7) is 3.29. The molecule has 0 radical (unpaired) electrons. The standard InChI is InChI=1S/C21H21N3OS/c1-2-22-21(26)24-23-14-16-8-11-20(12-9-16)25-15-17-7-10-18-5-3-4-6-19(18)13-17/h3-14H,2,15H2,1H3,(H2,22,24,26). The van der Waals surface area contributed by atoms with Crippen LogP contribution in [-0.2, 0) is 6.61 Å². The Morgan fingerprint density at radius 3 is 2.58 bits per heavy atom. The third kappa shape index (κ3) is 5.04. The third-order valence-corrected chi connectivity index (χ3v) is 4.05. The van der Waals surface area contributed by atoms with Crippen molar-refractivity contribution in [3.63, 3.8) is 0 Å². The van der Waals surface area contributed by atoms with Crippen LogP contribution in [0.25, 0.3) is 10.8 Å². The van der Waals surface area contributed by atoms with Crippen LogP contribution in [0.2, 0.25) is 0 Å². The van der Waals surface area contributed by atoms with Crippen molar-refractivity contribution < 1.29 is 4.74 Å². The molecule has 3 rings (SSSR count). The number of nitrogens with one attached hydrogen (secondary N) is 2. The predicted octanol–water partition coefficient (Wildman–Crippen LogP) is 4.24. The van der Waals surface area contributed by atoms with E-state index in [0.29, 0.717) is 11.7 Å². The van der Waals surface area contributed by atoms with Crippen LogP contribution in [0.15, 0.2) is 71.8 Å². The molecule has 2 N–H and O–H groups in total. The van der Waals surface area contributed by atoms with Gasteiger partial charge >= 0.3 is 0 Å². The normalized spacial score (nSPS) is 10.8. The van der Waals surface area contributed by atoms with E-state index in [2.05, 4.69) is 46.2 Å². The van der Waals surface area contributed by atoms with Crippen LogP contribution in [-0.4, -0.2) is 17.9 Å². The van der Waals surface area contributed by atoms with E-state index in [4.69, 9.17) is 17.0 Å². The van der Waals surface area contributed by atoms with Crippen LogP contribution in [0.1, 0.15) is 18.1 Å². The number of hydrazone groups is 1.